The van der Waals surface area contributed by atoms with Crippen molar-refractivity contribution in [2.75, 3.05) is 14.2 Å². The van der Waals surface area contributed by atoms with Crippen LogP contribution in [0.2, 0.25) is 0 Å². The normalized spacial score (nSPS) is 10.5. The van der Waals surface area contributed by atoms with E-state index in [1.165, 1.54) is 42.2 Å². The predicted molar refractivity (Wildman–Crippen MR) is 128 cm³/mol. The van der Waals surface area contributed by atoms with Crippen LogP contribution in [0, 0.1) is 26.8 Å². The van der Waals surface area contributed by atoms with Crippen LogP contribution in [0.5, 0.6) is 11.5 Å². The number of nitrogens with zero attached hydrogens (tertiary/aromatic N) is 1. The van der Waals surface area contributed by atoms with Gasteiger partial charge in [-0.05, 0) is 52.4 Å². The fourth-order valence-electron chi connectivity index (χ4n) is 3.59. The third kappa shape index (κ3) is 7.83. The molecular formula is C27H30NO4Rh-. The summed E-state index contributed by atoms with van der Waals surface area (Å²) in [6.45, 7) is 9.24. The molecule has 3 rings (SSSR count). The van der Waals surface area contributed by atoms with E-state index < -0.39 is 0 Å². The second-order valence-corrected chi connectivity index (χ2v) is 7.58. The number of ketones is 1. The molecule has 0 bridgehead atoms. The van der Waals surface area contributed by atoms with E-state index in [4.69, 9.17) is 14.6 Å². The summed E-state index contributed by atoms with van der Waals surface area (Å²) >= 11 is 0. The Labute approximate surface area is 209 Å². The van der Waals surface area contributed by atoms with E-state index in [1.54, 1.807) is 20.4 Å². The molecule has 0 fully saturated rings. The first kappa shape index (κ1) is 28.1. The van der Waals surface area contributed by atoms with Crippen molar-refractivity contribution < 1.29 is 38.9 Å². The van der Waals surface area contributed by atoms with Gasteiger partial charge in [-0.25, -0.2) is 0 Å². The number of aromatic nitrogens is 1. The molecule has 5 nitrogen and oxygen atoms in total. The van der Waals surface area contributed by atoms with Crippen LogP contribution in [-0.4, -0.2) is 30.1 Å². The summed E-state index contributed by atoms with van der Waals surface area (Å²) in [5.41, 5.74) is 7.70. The maximum Gasteiger partial charge on any atom is 0.155 e. The van der Waals surface area contributed by atoms with Crippen LogP contribution in [0.1, 0.15) is 30.5 Å². The van der Waals surface area contributed by atoms with Crippen molar-refractivity contribution in [2.45, 2.75) is 34.6 Å². The molecule has 1 aromatic heterocycles. The zero-order valence-electron chi connectivity index (χ0n) is 20.1. The smallest absolute Gasteiger partial charge is 0.155 e. The minimum atomic E-state index is -0.125. The Morgan fingerprint density at radius 3 is 2.15 bits per heavy atom. The summed E-state index contributed by atoms with van der Waals surface area (Å²) in [6.07, 6.45) is 2.89. The Balaban J connectivity index is 0.000000595. The molecule has 0 aliphatic carbocycles. The molecule has 0 aliphatic heterocycles. The van der Waals surface area contributed by atoms with Gasteiger partial charge >= 0.3 is 0 Å². The maximum absolute atomic E-state index is 10.0. The largest absolute Gasteiger partial charge is 0.540 e. The van der Waals surface area contributed by atoms with E-state index >= 15 is 0 Å². The summed E-state index contributed by atoms with van der Waals surface area (Å²) in [7, 11) is 3.32. The molecule has 0 saturated heterocycles. The van der Waals surface area contributed by atoms with E-state index in [9.17, 15) is 4.79 Å². The Morgan fingerprint density at radius 2 is 1.67 bits per heavy atom. The molecule has 6 heteroatoms. The number of carbonyl (C=O) groups is 1. The van der Waals surface area contributed by atoms with Gasteiger partial charge in [-0.2, -0.15) is 0 Å². The fourth-order valence-corrected chi connectivity index (χ4v) is 3.59. The molecule has 0 aliphatic rings. The van der Waals surface area contributed by atoms with E-state index in [0.29, 0.717) is 0 Å². The number of methoxy groups -OCH3 is 2. The number of benzene rings is 2. The first-order valence-corrected chi connectivity index (χ1v) is 10.2. The average molecular weight is 535 g/mol. The predicted octanol–water partition coefficient (Wildman–Crippen LogP) is 6.19. The van der Waals surface area contributed by atoms with Crippen LogP contribution >= 0.6 is 0 Å². The molecule has 33 heavy (non-hydrogen) atoms. The number of aliphatic hydroxyl groups is 1. The Morgan fingerprint density at radius 1 is 1.03 bits per heavy atom. The van der Waals surface area contributed by atoms with Crippen molar-refractivity contribution in [3.63, 3.8) is 0 Å². The number of rotatable bonds is 5. The van der Waals surface area contributed by atoms with Gasteiger partial charge in [0.1, 0.15) is 5.75 Å². The van der Waals surface area contributed by atoms with Crippen molar-refractivity contribution in [2.24, 2.45) is 0 Å². The molecule has 0 atom stereocenters. The summed E-state index contributed by atoms with van der Waals surface area (Å²) < 4.78 is 10.9. The quantitative estimate of drug-likeness (QED) is 0.183. The first-order chi connectivity index (χ1) is 15.2. The van der Waals surface area contributed by atoms with E-state index in [2.05, 4.69) is 50.0 Å². The van der Waals surface area contributed by atoms with Crippen molar-refractivity contribution in [3.05, 3.63) is 77.2 Å². The number of allylic oxidation sites excluding steroid dienone is 2. The summed E-state index contributed by atoms with van der Waals surface area (Å²) in [6, 6.07) is 15.5. The van der Waals surface area contributed by atoms with Gasteiger partial charge in [0.2, 0.25) is 0 Å². The van der Waals surface area contributed by atoms with E-state index in [0.717, 1.165) is 28.3 Å². The van der Waals surface area contributed by atoms with Crippen molar-refractivity contribution in [1.29, 1.82) is 0 Å². The second-order valence-electron chi connectivity index (χ2n) is 7.58. The van der Waals surface area contributed by atoms with Gasteiger partial charge in [0.15, 0.2) is 5.78 Å². The summed E-state index contributed by atoms with van der Waals surface area (Å²) in [5, 5.41) is 8.36. The second kappa shape index (κ2) is 12.9. The van der Waals surface area contributed by atoms with E-state index in [-0.39, 0.29) is 31.0 Å². The third-order valence-electron chi connectivity index (χ3n) is 4.73. The molecule has 177 valence electrons. The third-order valence-corrected chi connectivity index (χ3v) is 4.73. The number of aryl methyl sites for hydroxylation is 3. The standard InChI is InChI=1S/C22H22NO2.C5H8O2.Rh/c1-14-10-15(2)22(16(3)11-14)17-6-7-19(21(12-17)25-5)20-13-18(24-4)8-9-23-20;1-4(6)3-5(2)7;/h6,8-13H,1-5H3;3,6H,1-2H3;/q-1;;/b;4-3-;. The number of carbonyl (C=O) groups excluding carboxylic acids is 1. The van der Waals surface area contributed by atoms with Gasteiger partial charge in [0.25, 0.3) is 0 Å². The Kier molecular flexibility index (Phi) is 11.0. The van der Waals surface area contributed by atoms with Gasteiger partial charge in [-0.1, -0.05) is 51.6 Å². The molecule has 0 saturated carbocycles. The van der Waals surface area contributed by atoms with Gasteiger partial charge in [-0.3, -0.25) is 4.79 Å². The number of ether oxygens (including phenoxy) is 2. The molecule has 3 aromatic rings. The molecular weight excluding hydrogens is 505 g/mol. The van der Waals surface area contributed by atoms with Gasteiger partial charge in [-0.15, -0.1) is 12.1 Å². The van der Waals surface area contributed by atoms with Crippen LogP contribution in [0.25, 0.3) is 22.4 Å². The first-order valence-electron chi connectivity index (χ1n) is 10.2. The zero-order valence-corrected chi connectivity index (χ0v) is 21.7. The molecule has 0 amide bonds. The fraction of sp³-hybridized carbons (Fsp3) is 0.259. The summed E-state index contributed by atoms with van der Waals surface area (Å²) in [5.74, 6) is 1.44. The maximum atomic E-state index is 10.0. The number of hydrogen-bond donors (Lipinski definition) is 1. The van der Waals surface area contributed by atoms with Crippen LogP contribution in [0.4, 0.5) is 0 Å². The Bertz CT molecular complexity index is 1110. The topological polar surface area (TPSA) is 68.7 Å². The van der Waals surface area contributed by atoms with Crippen LogP contribution < -0.4 is 9.47 Å². The molecule has 1 heterocycles. The number of hydrogen-bond acceptors (Lipinski definition) is 5. The Hall–Kier alpha value is -2.98. The molecule has 2 aromatic carbocycles. The van der Waals surface area contributed by atoms with Crippen LogP contribution in [-0.2, 0) is 24.3 Å². The van der Waals surface area contributed by atoms with Crippen LogP contribution in [0.3, 0.4) is 0 Å². The summed E-state index contributed by atoms with van der Waals surface area (Å²) in [4.78, 5) is 14.4. The average Bonchev–Trinajstić information content (AvgIpc) is 2.72. The van der Waals surface area contributed by atoms with Gasteiger partial charge < -0.3 is 19.6 Å². The molecule has 1 radical (unpaired) electrons. The molecule has 1 N–H and O–H groups in total. The van der Waals surface area contributed by atoms with Crippen molar-refractivity contribution in [3.8, 4) is 33.9 Å². The van der Waals surface area contributed by atoms with Crippen LogP contribution in [0.15, 0.2) is 54.4 Å². The van der Waals surface area contributed by atoms with E-state index in [1.807, 2.05) is 18.2 Å². The minimum Gasteiger partial charge on any atom is -0.540 e. The van der Waals surface area contributed by atoms with Crippen molar-refractivity contribution >= 4 is 5.78 Å². The molecule has 0 unspecified atom stereocenters. The monoisotopic (exact) mass is 535 g/mol. The zero-order chi connectivity index (χ0) is 23.8. The number of pyridine rings is 1. The SMILES string of the molecule is CC(=O)/C=C(/C)O.COc1ccnc(-c2[c-]cc(-c3c(C)cc(C)cc3C)cc2OC)c1.[Rh]. The van der Waals surface area contributed by atoms with Gasteiger partial charge in [0.05, 0.1) is 20.0 Å². The van der Waals surface area contributed by atoms with Gasteiger partial charge in [0, 0.05) is 37.5 Å². The number of aliphatic hydroxyl groups excluding tert-OH is 1. The molecule has 0 spiro atoms. The van der Waals surface area contributed by atoms with Crippen molar-refractivity contribution in [1.82, 2.24) is 4.98 Å². The minimum absolute atomic E-state index is 0.